The molecule has 1 aliphatic rings. The summed E-state index contributed by atoms with van der Waals surface area (Å²) in [5.41, 5.74) is 4.96. The quantitative estimate of drug-likeness (QED) is 0.569. The summed E-state index contributed by atoms with van der Waals surface area (Å²) < 4.78 is 5.71. The van der Waals surface area contributed by atoms with E-state index in [0.717, 1.165) is 41.5 Å². The first-order valence-electron chi connectivity index (χ1n) is 10.8. The van der Waals surface area contributed by atoms with Gasteiger partial charge < -0.3 is 19.9 Å². The summed E-state index contributed by atoms with van der Waals surface area (Å²) in [5.74, 6) is 0. The fourth-order valence-corrected chi connectivity index (χ4v) is 4.23. The molecule has 0 amide bonds. The lowest BCUT2D eigenvalue weighted by Crippen LogP contribution is -2.42. The van der Waals surface area contributed by atoms with Crippen molar-refractivity contribution < 1.29 is 4.74 Å². The Morgan fingerprint density at radius 1 is 1.19 bits per heavy atom. The first-order chi connectivity index (χ1) is 15.0. The smallest absolute Gasteiger partial charge is 0.253 e. The number of nitrogens with one attached hydrogen (secondary N) is 2. The number of ether oxygens (including phenoxy) is 1. The van der Waals surface area contributed by atoms with Crippen LogP contribution in [0.2, 0.25) is 0 Å². The monoisotopic (exact) mass is 435 g/mol. The Bertz CT molecular complexity index is 1120. The number of hydrogen-bond donors (Lipinski definition) is 2. The molecule has 1 fully saturated rings. The number of rotatable bonds is 6. The maximum Gasteiger partial charge on any atom is 0.253 e. The van der Waals surface area contributed by atoms with Gasteiger partial charge >= 0.3 is 0 Å². The molecule has 162 valence electrons. The lowest BCUT2D eigenvalue weighted by molar-refractivity contribution is 0.113. The number of hydrogen-bond acceptors (Lipinski definition) is 3. The molecule has 0 radical (unpaired) electrons. The van der Waals surface area contributed by atoms with E-state index in [1.807, 2.05) is 31.2 Å². The van der Waals surface area contributed by atoms with Crippen molar-refractivity contribution in [2.75, 3.05) is 13.2 Å². The van der Waals surface area contributed by atoms with Crippen LogP contribution in [0.5, 0.6) is 0 Å². The molecule has 4 rings (SSSR count). The second-order valence-electron chi connectivity index (χ2n) is 8.26. The molecule has 0 unspecified atom stereocenters. The van der Waals surface area contributed by atoms with Gasteiger partial charge in [-0.25, -0.2) is 0 Å². The van der Waals surface area contributed by atoms with Crippen LogP contribution in [0.3, 0.4) is 0 Å². The highest BCUT2D eigenvalue weighted by Gasteiger charge is 2.18. The highest BCUT2D eigenvalue weighted by Crippen LogP contribution is 2.20. The number of nitrogens with zero attached hydrogens (tertiary/aromatic N) is 1. The van der Waals surface area contributed by atoms with E-state index in [2.05, 4.69) is 46.4 Å². The molecule has 31 heavy (non-hydrogen) atoms. The third-order valence-electron chi connectivity index (χ3n) is 6.00. The van der Waals surface area contributed by atoms with Gasteiger partial charge in [-0.2, -0.15) is 0 Å². The van der Waals surface area contributed by atoms with Gasteiger partial charge in [0.05, 0.1) is 18.2 Å². The van der Waals surface area contributed by atoms with Crippen LogP contribution >= 0.6 is 12.2 Å². The molecule has 1 saturated heterocycles. The molecule has 1 atom stereocenters. The molecule has 0 aliphatic carbocycles. The van der Waals surface area contributed by atoms with Crippen LogP contribution in [0.4, 0.5) is 0 Å². The summed E-state index contributed by atoms with van der Waals surface area (Å²) in [4.78, 5) is 18.0. The van der Waals surface area contributed by atoms with Gasteiger partial charge in [0.15, 0.2) is 5.11 Å². The molecule has 6 heteroatoms. The minimum atomic E-state index is -0.0683. The van der Waals surface area contributed by atoms with Gasteiger partial charge in [0.25, 0.3) is 5.56 Å². The first kappa shape index (κ1) is 21.5. The Balaban J connectivity index is 1.58. The fourth-order valence-electron chi connectivity index (χ4n) is 4.01. The van der Waals surface area contributed by atoms with Crippen LogP contribution in [0, 0.1) is 13.8 Å². The lowest BCUT2D eigenvalue weighted by atomic mass is 10.0. The number of pyridine rings is 1. The van der Waals surface area contributed by atoms with E-state index >= 15 is 0 Å². The second-order valence-corrected chi connectivity index (χ2v) is 8.64. The average molecular weight is 436 g/mol. The van der Waals surface area contributed by atoms with Crippen molar-refractivity contribution in [1.29, 1.82) is 0 Å². The summed E-state index contributed by atoms with van der Waals surface area (Å²) in [6, 6.07) is 16.3. The van der Waals surface area contributed by atoms with Crippen molar-refractivity contribution in [3.63, 3.8) is 0 Å². The van der Waals surface area contributed by atoms with Gasteiger partial charge in [-0.05, 0) is 67.0 Å². The van der Waals surface area contributed by atoms with E-state index in [1.165, 1.54) is 5.56 Å². The summed E-state index contributed by atoms with van der Waals surface area (Å²) >= 11 is 5.73. The number of aryl methyl sites for hydroxylation is 2. The molecule has 2 aromatic carbocycles. The van der Waals surface area contributed by atoms with Crippen molar-refractivity contribution in [2.24, 2.45) is 0 Å². The molecule has 3 aromatic rings. The summed E-state index contributed by atoms with van der Waals surface area (Å²) in [6.45, 7) is 6.67. The normalized spacial score (nSPS) is 15.9. The molecule has 0 saturated carbocycles. The molecule has 1 aromatic heterocycles. The van der Waals surface area contributed by atoms with Crippen molar-refractivity contribution >= 4 is 28.2 Å². The number of benzene rings is 2. The van der Waals surface area contributed by atoms with Crippen LogP contribution in [-0.4, -0.2) is 34.3 Å². The molecule has 2 N–H and O–H groups in total. The Kier molecular flexibility index (Phi) is 6.68. The van der Waals surface area contributed by atoms with E-state index in [-0.39, 0.29) is 11.7 Å². The van der Waals surface area contributed by atoms with E-state index in [1.54, 1.807) is 0 Å². The Morgan fingerprint density at radius 3 is 2.74 bits per heavy atom. The number of aromatic nitrogens is 1. The zero-order valence-electron chi connectivity index (χ0n) is 18.1. The van der Waals surface area contributed by atoms with Gasteiger partial charge in [0.2, 0.25) is 0 Å². The summed E-state index contributed by atoms with van der Waals surface area (Å²) in [6.07, 6.45) is 2.35. The third kappa shape index (κ3) is 5.14. The van der Waals surface area contributed by atoms with E-state index < -0.39 is 0 Å². The first-order valence-corrected chi connectivity index (χ1v) is 11.2. The second kappa shape index (κ2) is 9.62. The van der Waals surface area contributed by atoms with Crippen molar-refractivity contribution in [1.82, 2.24) is 15.2 Å². The van der Waals surface area contributed by atoms with Gasteiger partial charge in [0, 0.05) is 25.3 Å². The average Bonchev–Trinajstić information content (AvgIpc) is 3.30. The molecular weight excluding hydrogens is 406 g/mol. The van der Waals surface area contributed by atoms with Crippen molar-refractivity contribution in [3.05, 3.63) is 81.1 Å². The minimum absolute atomic E-state index is 0.0683. The molecule has 0 bridgehead atoms. The van der Waals surface area contributed by atoms with E-state index in [4.69, 9.17) is 17.0 Å². The minimum Gasteiger partial charge on any atom is -0.376 e. The largest absolute Gasteiger partial charge is 0.376 e. The number of fused-ring (bicyclic) bond motifs is 1. The van der Waals surface area contributed by atoms with Gasteiger partial charge in [-0.3, -0.25) is 4.79 Å². The molecule has 2 heterocycles. The van der Waals surface area contributed by atoms with E-state index in [0.29, 0.717) is 30.3 Å². The number of thiocarbonyl (C=S) groups is 1. The molecule has 1 aliphatic heterocycles. The van der Waals surface area contributed by atoms with Crippen molar-refractivity contribution in [2.45, 2.75) is 45.9 Å². The predicted molar refractivity (Wildman–Crippen MR) is 129 cm³/mol. The molecule has 5 nitrogen and oxygen atoms in total. The SMILES string of the molecule is Cc1ccc2cc(CN(Cc3ccccc3)C(=S)NC[C@H]3CCCO3)c(=O)[nH]c2c1C. The zero-order valence-corrected chi connectivity index (χ0v) is 18.9. The number of aromatic amines is 1. The summed E-state index contributed by atoms with van der Waals surface area (Å²) in [7, 11) is 0. The van der Waals surface area contributed by atoms with Crippen molar-refractivity contribution in [3.8, 4) is 0 Å². The highest BCUT2D eigenvalue weighted by atomic mass is 32.1. The Labute approximate surface area is 188 Å². The van der Waals surface area contributed by atoms with E-state index in [9.17, 15) is 4.79 Å². The highest BCUT2D eigenvalue weighted by molar-refractivity contribution is 7.80. The Morgan fingerprint density at radius 2 is 2.00 bits per heavy atom. The van der Waals surface area contributed by atoms with Crippen LogP contribution in [0.15, 0.2) is 53.3 Å². The van der Waals surface area contributed by atoms with Crippen LogP contribution in [0.25, 0.3) is 10.9 Å². The Hall–Kier alpha value is -2.70. The van der Waals surface area contributed by atoms with Gasteiger partial charge in [0.1, 0.15) is 0 Å². The number of H-pyrrole nitrogens is 1. The molecular formula is C25H29N3O2S. The zero-order chi connectivity index (χ0) is 21.8. The molecule has 0 spiro atoms. The standard InChI is InChI=1S/C25H29N3O2S/c1-17-10-11-20-13-21(24(29)27-23(20)18(17)2)16-28(15-19-7-4-3-5-8-19)25(31)26-14-22-9-6-12-30-22/h3-5,7-8,10-11,13,22H,6,9,12,14-16H2,1-2H3,(H,26,31)(H,27,29)/t22-/m1/s1. The maximum absolute atomic E-state index is 12.9. The van der Waals surface area contributed by atoms with Gasteiger partial charge in [-0.1, -0.05) is 42.5 Å². The third-order valence-corrected chi connectivity index (χ3v) is 6.40. The van der Waals surface area contributed by atoms with Gasteiger partial charge in [-0.15, -0.1) is 0 Å². The maximum atomic E-state index is 12.9. The predicted octanol–water partition coefficient (Wildman–Crippen LogP) is 4.20. The topological polar surface area (TPSA) is 57.4 Å². The van der Waals surface area contributed by atoms with Crippen LogP contribution in [-0.2, 0) is 17.8 Å². The van der Waals surface area contributed by atoms with Crippen LogP contribution < -0.4 is 10.9 Å². The van der Waals surface area contributed by atoms with Crippen LogP contribution in [0.1, 0.15) is 35.1 Å². The summed E-state index contributed by atoms with van der Waals surface area (Å²) in [5, 5.41) is 5.03. The lowest BCUT2D eigenvalue weighted by Gasteiger charge is -2.27. The fraction of sp³-hybridized carbons (Fsp3) is 0.360.